The first-order chi connectivity index (χ1) is 27.5. The second-order valence-electron chi connectivity index (χ2n) is 20.5. The average molecular weight is 838 g/mol. The number of carboxylic acid groups (broad SMARTS) is 1. The monoisotopic (exact) mass is 837 g/mol. The van der Waals surface area contributed by atoms with Crippen LogP contribution in [0.5, 0.6) is 0 Å². The molecule has 4 unspecified atom stereocenters. The van der Waals surface area contributed by atoms with Gasteiger partial charge in [0.1, 0.15) is 36.6 Å². The van der Waals surface area contributed by atoms with Crippen LogP contribution in [0, 0.1) is 50.2 Å². The lowest BCUT2D eigenvalue weighted by molar-refractivity contribution is -0.395. The molecule has 2 heterocycles. The predicted octanol–water partition coefficient (Wildman–Crippen LogP) is 1.84. The smallest absolute Gasteiger partial charge is 0.312 e. The number of fused-ring (bicyclic) bond motifs is 7. The molecule has 0 aromatic carbocycles. The van der Waals surface area contributed by atoms with Crippen LogP contribution >= 0.6 is 0 Å². The summed E-state index contributed by atoms with van der Waals surface area (Å²) in [4.78, 5) is 54.2. The third kappa shape index (κ3) is 6.81. The molecule has 7 rings (SSSR count). The van der Waals surface area contributed by atoms with Crippen molar-refractivity contribution in [2.75, 3.05) is 0 Å². The van der Waals surface area contributed by atoms with E-state index in [-0.39, 0.29) is 47.3 Å². The van der Waals surface area contributed by atoms with E-state index in [2.05, 4.69) is 51.9 Å². The molecule has 0 amide bonds. The fraction of sp³-hybridized carbons (Fsp3) is 0.857. The van der Waals surface area contributed by atoms with Crippen molar-refractivity contribution >= 4 is 24.7 Å². The molecule has 332 valence electrons. The fourth-order valence-electron chi connectivity index (χ4n) is 13.3. The molecular weight excluding hydrogens is 774 g/mol. The molecule has 5 aliphatic carbocycles. The molecule has 2 aliphatic heterocycles. The molecule has 6 fully saturated rings. The second kappa shape index (κ2) is 15.3. The predicted molar refractivity (Wildman–Crippen MR) is 202 cm³/mol. The summed E-state index contributed by atoms with van der Waals surface area (Å²) in [6.07, 6.45) is -9.71. The third-order valence-electron chi connectivity index (χ3n) is 17.1. The number of carboxylic acids is 1. The molecule has 0 radical (unpaired) electrons. The van der Waals surface area contributed by atoms with E-state index in [1.54, 1.807) is 0 Å². The SMILES string of the molecule is CC1(C)[C@@H](O[C@H]2OC(NOC=O)[C@@H](O)[C@H](O)C2O[C@H]2O[C@@H](OC=O)[C@@H](O)C(O)C2O)CC[C@]2(C)[C@H]3C(=O)C=C4[C@@H]5C[C@@](C)(C(=O)O)CC[C@]5(C)CC[C@@]4(C)[C@]3(C)CC[C@@H]12. The first kappa shape index (κ1) is 44.5. The number of ketones is 1. The molecule has 7 aliphatic rings. The van der Waals surface area contributed by atoms with Gasteiger partial charge in [0.25, 0.3) is 6.47 Å². The highest BCUT2D eigenvalue weighted by molar-refractivity contribution is 5.95. The Morgan fingerprint density at radius 3 is 2.12 bits per heavy atom. The number of aliphatic carboxylic acids is 1. The maximum absolute atomic E-state index is 14.9. The van der Waals surface area contributed by atoms with Crippen molar-refractivity contribution in [1.82, 2.24) is 5.48 Å². The first-order valence-corrected chi connectivity index (χ1v) is 21.0. The van der Waals surface area contributed by atoms with Crippen LogP contribution in [-0.2, 0) is 47.7 Å². The lowest BCUT2D eigenvalue weighted by Crippen LogP contribution is -2.68. The van der Waals surface area contributed by atoms with E-state index in [1.807, 2.05) is 13.0 Å². The molecule has 0 bridgehead atoms. The van der Waals surface area contributed by atoms with Gasteiger partial charge < -0.3 is 59.2 Å². The summed E-state index contributed by atoms with van der Waals surface area (Å²) in [5.74, 6) is -1.05. The number of rotatable bonds is 10. The minimum atomic E-state index is -1.90. The summed E-state index contributed by atoms with van der Waals surface area (Å²) in [5.41, 5.74) is 0.637. The number of aliphatic hydroxyl groups excluding tert-OH is 5. The standard InChI is InChI=1S/C42H63NO16/c1-37(2)23-8-11-42(7)31(22(46)16-20-21-17-39(4,36(52)53)13-12-38(21,3)14-15-41(20,42)6)40(23,5)10-9-24(37)56-35-30(26(48)27(49)32(58-35)43-55-19-45)57-34-29(51)25(47)28(50)33(59-34)54-18-44/h16,18-19,21,23-35,43,47-51H,8-15,17H2,1-7H3,(H,52,53)/t21-,23-,24-,25?,26-,27-,28-,29?,30?,31+,32?,33+,34-,35-,38+,39-,40-,41+,42+/m0/s1. The Kier molecular flexibility index (Phi) is 11.6. The van der Waals surface area contributed by atoms with Crippen molar-refractivity contribution in [3.63, 3.8) is 0 Å². The molecule has 19 atom stereocenters. The van der Waals surface area contributed by atoms with Gasteiger partial charge in [-0.15, -0.1) is 5.48 Å². The quantitative estimate of drug-likeness (QED) is 0.0941. The lowest BCUT2D eigenvalue weighted by atomic mass is 9.33. The molecule has 59 heavy (non-hydrogen) atoms. The zero-order valence-electron chi connectivity index (χ0n) is 34.9. The van der Waals surface area contributed by atoms with Gasteiger partial charge in [-0.3, -0.25) is 19.2 Å². The van der Waals surface area contributed by atoms with Crippen molar-refractivity contribution in [1.29, 1.82) is 0 Å². The Labute approximate surface area is 344 Å². The Balaban J connectivity index is 1.17. The Hall–Kier alpha value is -2.58. The average Bonchev–Trinajstić information content (AvgIpc) is 3.17. The number of hydrogen-bond acceptors (Lipinski definition) is 16. The van der Waals surface area contributed by atoms with Crippen LogP contribution in [0.4, 0.5) is 0 Å². The molecule has 4 saturated carbocycles. The zero-order valence-corrected chi connectivity index (χ0v) is 34.9. The number of carbonyl (C=O) groups is 4. The highest BCUT2D eigenvalue weighted by Crippen LogP contribution is 2.75. The van der Waals surface area contributed by atoms with Crippen LogP contribution in [0.25, 0.3) is 0 Å². The van der Waals surface area contributed by atoms with Crippen LogP contribution in [0.1, 0.15) is 106 Å². The Bertz CT molecular complexity index is 1690. The van der Waals surface area contributed by atoms with Crippen LogP contribution in [0.15, 0.2) is 11.6 Å². The molecule has 0 aromatic rings. The number of nitrogens with one attached hydrogen (secondary N) is 1. The van der Waals surface area contributed by atoms with E-state index in [1.165, 1.54) is 0 Å². The van der Waals surface area contributed by atoms with Crippen LogP contribution in [-0.4, -0.2) is 123 Å². The highest BCUT2D eigenvalue weighted by atomic mass is 16.8. The highest BCUT2D eigenvalue weighted by Gasteiger charge is 2.71. The van der Waals surface area contributed by atoms with E-state index in [0.29, 0.717) is 25.7 Å². The van der Waals surface area contributed by atoms with Gasteiger partial charge >= 0.3 is 12.4 Å². The number of ether oxygens (including phenoxy) is 5. The Morgan fingerprint density at radius 1 is 0.780 bits per heavy atom. The summed E-state index contributed by atoms with van der Waals surface area (Å²) in [5, 5.41) is 64.2. The van der Waals surface area contributed by atoms with E-state index in [4.69, 9.17) is 23.7 Å². The number of hydroxylamine groups is 1. The van der Waals surface area contributed by atoms with E-state index < -0.39 is 95.5 Å². The minimum absolute atomic E-state index is 0.00408. The maximum Gasteiger partial charge on any atom is 0.312 e. The molecule has 17 heteroatoms. The maximum atomic E-state index is 14.9. The van der Waals surface area contributed by atoms with Gasteiger partial charge in [0.2, 0.25) is 6.29 Å². The summed E-state index contributed by atoms with van der Waals surface area (Å²) < 4.78 is 28.8. The van der Waals surface area contributed by atoms with Gasteiger partial charge in [-0.1, -0.05) is 47.1 Å². The van der Waals surface area contributed by atoms with Gasteiger partial charge in [-0.2, -0.15) is 0 Å². The number of hydrogen-bond donors (Lipinski definition) is 7. The summed E-state index contributed by atoms with van der Waals surface area (Å²) in [7, 11) is 0. The van der Waals surface area contributed by atoms with Crippen molar-refractivity contribution in [3.05, 3.63) is 11.6 Å². The largest absolute Gasteiger partial charge is 0.481 e. The van der Waals surface area contributed by atoms with E-state index in [0.717, 1.165) is 37.7 Å². The van der Waals surface area contributed by atoms with Crippen LogP contribution in [0.3, 0.4) is 0 Å². The van der Waals surface area contributed by atoms with Gasteiger partial charge in [0.05, 0.1) is 11.5 Å². The van der Waals surface area contributed by atoms with Gasteiger partial charge in [-0.25, -0.2) is 0 Å². The lowest BCUT2D eigenvalue weighted by Gasteiger charge is -2.70. The first-order valence-electron chi connectivity index (χ1n) is 21.0. The summed E-state index contributed by atoms with van der Waals surface area (Å²) in [6, 6.07) is 0. The van der Waals surface area contributed by atoms with E-state index in [9.17, 15) is 49.8 Å². The molecule has 2 saturated heterocycles. The Morgan fingerprint density at radius 2 is 1.46 bits per heavy atom. The van der Waals surface area contributed by atoms with Crippen molar-refractivity contribution in [2.24, 2.45) is 50.2 Å². The van der Waals surface area contributed by atoms with Crippen molar-refractivity contribution < 1.29 is 78.3 Å². The number of carbonyl (C=O) groups excluding carboxylic acids is 3. The van der Waals surface area contributed by atoms with Crippen LogP contribution in [0.2, 0.25) is 0 Å². The zero-order chi connectivity index (χ0) is 43.2. The van der Waals surface area contributed by atoms with Crippen molar-refractivity contribution in [3.8, 4) is 0 Å². The third-order valence-corrected chi connectivity index (χ3v) is 17.1. The van der Waals surface area contributed by atoms with E-state index >= 15 is 0 Å². The summed E-state index contributed by atoms with van der Waals surface area (Å²) in [6.45, 7) is 15.1. The molecule has 0 spiro atoms. The van der Waals surface area contributed by atoms with Crippen molar-refractivity contribution in [2.45, 2.75) is 174 Å². The number of aliphatic hydroxyl groups is 5. The van der Waals surface area contributed by atoms with Crippen LogP contribution < -0.4 is 5.48 Å². The molecular formula is C42H63NO16. The topological polar surface area (TPSA) is 257 Å². The van der Waals surface area contributed by atoms with Gasteiger partial charge in [-0.05, 0) is 110 Å². The molecule has 17 nitrogen and oxygen atoms in total. The summed E-state index contributed by atoms with van der Waals surface area (Å²) >= 11 is 0. The normalized spacial score (nSPS) is 51.7. The van der Waals surface area contributed by atoms with Gasteiger partial charge in [0, 0.05) is 5.92 Å². The fourth-order valence-corrected chi connectivity index (χ4v) is 13.3. The molecule has 7 N–H and O–H groups in total. The number of allylic oxidation sites excluding steroid dienone is 2. The molecule has 0 aromatic heterocycles. The van der Waals surface area contributed by atoms with Gasteiger partial charge in [0.15, 0.2) is 24.6 Å². The minimum Gasteiger partial charge on any atom is -0.481 e. The second-order valence-corrected chi connectivity index (χ2v) is 20.5.